The standard InChI is InChI=1S/C15H18N2O/c1-11-9-15(18-2)13-10-12(5-6-14(13)16-11)17-7-3-4-8-17/h5-6,9-10H,3-4,7-8H2,1-2H3. The number of anilines is 1. The van der Waals surface area contributed by atoms with Crippen LogP contribution in [0.5, 0.6) is 5.75 Å². The van der Waals surface area contributed by atoms with Crippen LogP contribution >= 0.6 is 0 Å². The van der Waals surface area contributed by atoms with E-state index in [-0.39, 0.29) is 0 Å². The van der Waals surface area contributed by atoms with Gasteiger partial charge in [0.25, 0.3) is 0 Å². The van der Waals surface area contributed by atoms with Gasteiger partial charge in [0.15, 0.2) is 0 Å². The van der Waals surface area contributed by atoms with E-state index in [1.54, 1.807) is 7.11 Å². The van der Waals surface area contributed by atoms with Gasteiger partial charge in [-0.2, -0.15) is 0 Å². The summed E-state index contributed by atoms with van der Waals surface area (Å²) in [5, 5.41) is 1.10. The van der Waals surface area contributed by atoms with Gasteiger partial charge in [-0.15, -0.1) is 0 Å². The van der Waals surface area contributed by atoms with Gasteiger partial charge in [-0.1, -0.05) is 0 Å². The molecule has 1 aromatic carbocycles. The van der Waals surface area contributed by atoms with E-state index in [0.717, 1.165) is 35.4 Å². The van der Waals surface area contributed by atoms with Crippen LogP contribution in [0.15, 0.2) is 24.3 Å². The van der Waals surface area contributed by atoms with Crippen molar-refractivity contribution in [3.8, 4) is 5.75 Å². The zero-order chi connectivity index (χ0) is 12.5. The SMILES string of the molecule is COc1cc(C)nc2ccc(N3CCCC3)cc12. The molecule has 1 aliphatic rings. The van der Waals surface area contributed by atoms with E-state index in [0.29, 0.717) is 0 Å². The molecule has 1 aromatic heterocycles. The number of methoxy groups -OCH3 is 1. The Hall–Kier alpha value is -1.77. The van der Waals surface area contributed by atoms with E-state index in [9.17, 15) is 0 Å². The third-order valence-electron chi connectivity index (χ3n) is 3.57. The van der Waals surface area contributed by atoms with Crippen LogP contribution in [0.1, 0.15) is 18.5 Å². The van der Waals surface area contributed by atoms with Crippen LogP contribution in [0.25, 0.3) is 10.9 Å². The summed E-state index contributed by atoms with van der Waals surface area (Å²) in [6.45, 7) is 4.32. The predicted octanol–water partition coefficient (Wildman–Crippen LogP) is 3.15. The molecule has 3 rings (SSSR count). The van der Waals surface area contributed by atoms with Crippen LogP contribution in [-0.2, 0) is 0 Å². The molecule has 1 fully saturated rings. The Morgan fingerprint density at radius 2 is 1.94 bits per heavy atom. The first-order valence-electron chi connectivity index (χ1n) is 6.48. The number of rotatable bonds is 2. The second-order valence-corrected chi connectivity index (χ2v) is 4.86. The number of pyridine rings is 1. The molecule has 0 bridgehead atoms. The van der Waals surface area contributed by atoms with Gasteiger partial charge in [-0.3, -0.25) is 4.98 Å². The summed E-state index contributed by atoms with van der Waals surface area (Å²) >= 11 is 0. The Kier molecular flexibility index (Phi) is 2.82. The summed E-state index contributed by atoms with van der Waals surface area (Å²) in [6, 6.07) is 8.46. The molecule has 94 valence electrons. The maximum atomic E-state index is 5.47. The molecule has 3 nitrogen and oxygen atoms in total. The summed E-state index contributed by atoms with van der Waals surface area (Å²) in [7, 11) is 1.72. The number of benzene rings is 1. The summed E-state index contributed by atoms with van der Waals surface area (Å²) in [5.41, 5.74) is 3.28. The van der Waals surface area contributed by atoms with Crippen molar-refractivity contribution in [3.05, 3.63) is 30.0 Å². The van der Waals surface area contributed by atoms with Crippen molar-refractivity contribution in [3.63, 3.8) is 0 Å². The van der Waals surface area contributed by atoms with Crippen LogP contribution in [0.2, 0.25) is 0 Å². The Morgan fingerprint density at radius 1 is 1.17 bits per heavy atom. The summed E-state index contributed by atoms with van der Waals surface area (Å²) in [6.07, 6.45) is 2.59. The van der Waals surface area contributed by atoms with Crippen molar-refractivity contribution >= 4 is 16.6 Å². The fourth-order valence-corrected chi connectivity index (χ4v) is 2.65. The number of aromatic nitrogens is 1. The minimum atomic E-state index is 0.915. The number of hydrogen-bond acceptors (Lipinski definition) is 3. The Balaban J connectivity index is 2.12. The number of nitrogens with zero attached hydrogens (tertiary/aromatic N) is 2. The molecule has 3 heteroatoms. The third-order valence-corrected chi connectivity index (χ3v) is 3.57. The molecular weight excluding hydrogens is 224 g/mol. The molecule has 1 aliphatic heterocycles. The Morgan fingerprint density at radius 3 is 2.67 bits per heavy atom. The molecule has 1 saturated heterocycles. The van der Waals surface area contributed by atoms with Gasteiger partial charge >= 0.3 is 0 Å². The van der Waals surface area contributed by atoms with Gasteiger partial charge in [0.2, 0.25) is 0 Å². The maximum absolute atomic E-state index is 5.47. The largest absolute Gasteiger partial charge is 0.496 e. The molecule has 0 radical (unpaired) electrons. The molecular formula is C15H18N2O. The van der Waals surface area contributed by atoms with Crippen molar-refractivity contribution in [1.82, 2.24) is 4.98 Å². The van der Waals surface area contributed by atoms with E-state index in [1.807, 2.05) is 13.0 Å². The summed E-state index contributed by atoms with van der Waals surface area (Å²) in [5.74, 6) is 0.915. The lowest BCUT2D eigenvalue weighted by molar-refractivity contribution is 0.419. The normalized spacial score (nSPS) is 15.3. The van der Waals surface area contributed by atoms with Crippen LogP contribution in [0.4, 0.5) is 5.69 Å². The van der Waals surface area contributed by atoms with E-state index in [4.69, 9.17) is 4.74 Å². The summed E-state index contributed by atoms with van der Waals surface area (Å²) in [4.78, 5) is 6.98. The first-order valence-corrected chi connectivity index (χ1v) is 6.48. The van der Waals surface area contributed by atoms with Crippen molar-refractivity contribution in [1.29, 1.82) is 0 Å². The molecule has 0 N–H and O–H groups in total. The monoisotopic (exact) mass is 242 g/mol. The van der Waals surface area contributed by atoms with Gasteiger partial charge < -0.3 is 9.64 Å². The highest BCUT2D eigenvalue weighted by atomic mass is 16.5. The van der Waals surface area contributed by atoms with Gasteiger partial charge in [0.1, 0.15) is 5.75 Å². The molecule has 2 aromatic rings. The van der Waals surface area contributed by atoms with Crippen LogP contribution < -0.4 is 9.64 Å². The third kappa shape index (κ3) is 1.90. The fraction of sp³-hybridized carbons (Fsp3) is 0.400. The molecule has 0 aliphatic carbocycles. The second kappa shape index (κ2) is 4.48. The second-order valence-electron chi connectivity index (χ2n) is 4.86. The molecule has 0 amide bonds. The topological polar surface area (TPSA) is 25.4 Å². The molecule has 0 unspecified atom stereocenters. The van der Waals surface area contributed by atoms with Crippen LogP contribution in [0, 0.1) is 6.92 Å². The minimum absolute atomic E-state index is 0.915. The van der Waals surface area contributed by atoms with Gasteiger partial charge in [0, 0.05) is 35.9 Å². The lowest BCUT2D eigenvalue weighted by atomic mass is 10.1. The zero-order valence-corrected chi connectivity index (χ0v) is 10.9. The van der Waals surface area contributed by atoms with Gasteiger partial charge in [-0.05, 0) is 38.0 Å². The molecule has 18 heavy (non-hydrogen) atoms. The van der Waals surface area contributed by atoms with Crippen molar-refractivity contribution in [2.75, 3.05) is 25.1 Å². The quantitative estimate of drug-likeness (QED) is 0.809. The lowest BCUT2D eigenvalue weighted by Crippen LogP contribution is -2.17. The highest BCUT2D eigenvalue weighted by molar-refractivity contribution is 5.88. The maximum Gasteiger partial charge on any atom is 0.130 e. The minimum Gasteiger partial charge on any atom is -0.496 e. The highest BCUT2D eigenvalue weighted by Crippen LogP contribution is 2.30. The number of fused-ring (bicyclic) bond motifs is 1. The van der Waals surface area contributed by atoms with E-state index >= 15 is 0 Å². The van der Waals surface area contributed by atoms with E-state index < -0.39 is 0 Å². The molecule has 2 heterocycles. The average molecular weight is 242 g/mol. The van der Waals surface area contributed by atoms with Crippen molar-refractivity contribution in [2.45, 2.75) is 19.8 Å². The first kappa shape index (κ1) is 11.3. The van der Waals surface area contributed by atoms with Crippen molar-refractivity contribution < 1.29 is 4.74 Å². The number of aryl methyl sites for hydroxylation is 1. The van der Waals surface area contributed by atoms with E-state index in [2.05, 4.69) is 28.1 Å². The molecule has 0 saturated carbocycles. The average Bonchev–Trinajstić information content (AvgIpc) is 2.91. The van der Waals surface area contributed by atoms with Crippen LogP contribution in [-0.4, -0.2) is 25.2 Å². The smallest absolute Gasteiger partial charge is 0.130 e. The zero-order valence-electron chi connectivity index (χ0n) is 10.9. The molecule has 0 spiro atoms. The van der Waals surface area contributed by atoms with E-state index in [1.165, 1.54) is 18.5 Å². The van der Waals surface area contributed by atoms with Gasteiger partial charge in [-0.25, -0.2) is 0 Å². The fourth-order valence-electron chi connectivity index (χ4n) is 2.65. The summed E-state index contributed by atoms with van der Waals surface area (Å²) < 4.78 is 5.47. The van der Waals surface area contributed by atoms with Gasteiger partial charge in [0.05, 0.1) is 12.6 Å². The first-order chi connectivity index (χ1) is 8.78. The number of ether oxygens (including phenoxy) is 1. The number of hydrogen-bond donors (Lipinski definition) is 0. The highest BCUT2D eigenvalue weighted by Gasteiger charge is 2.14. The molecule has 0 atom stereocenters. The lowest BCUT2D eigenvalue weighted by Gasteiger charge is -2.18. The Labute approximate surface area is 107 Å². The Bertz CT molecular complexity index is 574. The van der Waals surface area contributed by atoms with Crippen LogP contribution in [0.3, 0.4) is 0 Å². The predicted molar refractivity (Wildman–Crippen MR) is 74.5 cm³/mol. The van der Waals surface area contributed by atoms with Crippen molar-refractivity contribution in [2.24, 2.45) is 0 Å².